The molecule has 30 heavy (non-hydrogen) atoms. The molecule has 0 spiro atoms. The molecule has 0 aliphatic heterocycles. The first-order chi connectivity index (χ1) is 14.3. The zero-order valence-corrected chi connectivity index (χ0v) is 17.1. The molecule has 0 bridgehead atoms. The Morgan fingerprint density at radius 2 is 1.87 bits per heavy atom. The molecule has 0 aliphatic rings. The number of nitrogens with zero attached hydrogens (tertiary/aromatic N) is 1. The molecule has 0 aliphatic carbocycles. The number of nitro groups is 1. The third-order valence-electron chi connectivity index (χ3n) is 4.35. The molecule has 0 radical (unpaired) electrons. The van der Waals surface area contributed by atoms with Crippen molar-refractivity contribution in [2.24, 2.45) is 0 Å². The molecule has 0 saturated carbocycles. The summed E-state index contributed by atoms with van der Waals surface area (Å²) in [6, 6.07) is 8.08. The standard InChI is InChI=1S/C21H22N2O7/c1-13-8-10-16(23(26)27)20(14(13)2)22-18(24)12-30-19(25)11-9-15-6-5-7-17(28-3)21(15)29-4/h5-11H,12H2,1-4H3,(H,22,24)/b11-9+. The molecule has 0 fully saturated rings. The first-order valence-corrected chi connectivity index (χ1v) is 8.88. The molecule has 1 N–H and O–H groups in total. The van der Waals surface area contributed by atoms with Crippen LogP contribution in [-0.2, 0) is 14.3 Å². The molecule has 0 atom stereocenters. The van der Waals surface area contributed by atoms with Crippen LogP contribution in [0.25, 0.3) is 6.08 Å². The summed E-state index contributed by atoms with van der Waals surface area (Å²) in [6.45, 7) is 2.84. The van der Waals surface area contributed by atoms with Crippen LogP contribution >= 0.6 is 0 Å². The van der Waals surface area contributed by atoms with Crippen molar-refractivity contribution in [2.45, 2.75) is 13.8 Å². The van der Waals surface area contributed by atoms with Gasteiger partial charge in [-0.2, -0.15) is 0 Å². The fourth-order valence-electron chi connectivity index (χ4n) is 2.67. The van der Waals surface area contributed by atoms with Crippen molar-refractivity contribution in [2.75, 3.05) is 26.1 Å². The first-order valence-electron chi connectivity index (χ1n) is 8.88. The summed E-state index contributed by atoms with van der Waals surface area (Å²) in [4.78, 5) is 34.7. The Kier molecular flexibility index (Phi) is 7.51. The van der Waals surface area contributed by atoms with E-state index in [1.165, 1.54) is 26.4 Å². The summed E-state index contributed by atoms with van der Waals surface area (Å²) in [6.07, 6.45) is 2.61. The Bertz CT molecular complexity index is 999. The highest BCUT2D eigenvalue weighted by atomic mass is 16.6. The summed E-state index contributed by atoms with van der Waals surface area (Å²) in [5.74, 6) is -0.496. The number of esters is 1. The molecule has 9 nitrogen and oxygen atoms in total. The van der Waals surface area contributed by atoms with E-state index in [0.29, 0.717) is 22.6 Å². The molecule has 0 saturated heterocycles. The smallest absolute Gasteiger partial charge is 0.331 e. The second-order valence-corrected chi connectivity index (χ2v) is 6.23. The van der Waals surface area contributed by atoms with E-state index in [1.54, 1.807) is 38.1 Å². The molecule has 1 amide bonds. The van der Waals surface area contributed by atoms with Gasteiger partial charge in [-0.1, -0.05) is 18.2 Å². The minimum absolute atomic E-state index is 0.0812. The van der Waals surface area contributed by atoms with Gasteiger partial charge in [0.25, 0.3) is 11.6 Å². The van der Waals surface area contributed by atoms with Gasteiger partial charge in [-0.05, 0) is 37.1 Å². The second kappa shape index (κ2) is 10.1. The van der Waals surface area contributed by atoms with Crippen molar-refractivity contribution in [3.8, 4) is 11.5 Å². The molecule has 2 aromatic carbocycles. The van der Waals surface area contributed by atoms with Crippen LogP contribution in [0.15, 0.2) is 36.4 Å². The fraction of sp³-hybridized carbons (Fsp3) is 0.238. The van der Waals surface area contributed by atoms with Crippen LogP contribution in [0, 0.1) is 24.0 Å². The number of nitrogens with one attached hydrogen (secondary N) is 1. The van der Waals surface area contributed by atoms with E-state index in [9.17, 15) is 19.7 Å². The summed E-state index contributed by atoms with van der Waals surface area (Å²) >= 11 is 0. The van der Waals surface area contributed by atoms with Crippen LogP contribution in [-0.4, -0.2) is 37.6 Å². The van der Waals surface area contributed by atoms with Gasteiger partial charge in [0.15, 0.2) is 18.1 Å². The lowest BCUT2D eigenvalue weighted by Crippen LogP contribution is -2.21. The SMILES string of the molecule is COc1cccc(/C=C/C(=O)OCC(=O)Nc2c([N+](=O)[O-])ccc(C)c2C)c1OC. The third kappa shape index (κ3) is 5.34. The molecule has 2 aromatic rings. The van der Waals surface area contributed by atoms with E-state index in [-0.39, 0.29) is 11.4 Å². The van der Waals surface area contributed by atoms with Crippen molar-refractivity contribution >= 4 is 29.3 Å². The maximum absolute atomic E-state index is 12.1. The van der Waals surface area contributed by atoms with Crippen molar-refractivity contribution < 1.29 is 28.7 Å². The zero-order valence-electron chi connectivity index (χ0n) is 17.1. The van der Waals surface area contributed by atoms with Gasteiger partial charge in [-0.15, -0.1) is 0 Å². The van der Waals surface area contributed by atoms with Crippen molar-refractivity contribution in [1.82, 2.24) is 0 Å². The van der Waals surface area contributed by atoms with E-state index in [2.05, 4.69) is 5.32 Å². The summed E-state index contributed by atoms with van der Waals surface area (Å²) in [5, 5.41) is 13.6. The fourth-order valence-corrected chi connectivity index (χ4v) is 2.67. The number of carbonyl (C=O) groups is 2. The number of anilines is 1. The second-order valence-electron chi connectivity index (χ2n) is 6.23. The Hall–Kier alpha value is -3.88. The van der Waals surface area contributed by atoms with Gasteiger partial charge >= 0.3 is 5.97 Å². The molecule has 2 rings (SSSR count). The Morgan fingerprint density at radius 3 is 2.50 bits per heavy atom. The minimum atomic E-state index is -0.759. The number of hydrogen-bond donors (Lipinski definition) is 1. The topological polar surface area (TPSA) is 117 Å². The number of benzene rings is 2. The van der Waals surface area contributed by atoms with Crippen molar-refractivity contribution in [3.63, 3.8) is 0 Å². The van der Waals surface area contributed by atoms with Gasteiger partial charge < -0.3 is 19.5 Å². The molecule has 158 valence electrons. The minimum Gasteiger partial charge on any atom is -0.493 e. The highest BCUT2D eigenvalue weighted by Gasteiger charge is 2.19. The van der Waals surface area contributed by atoms with Crippen molar-refractivity contribution in [3.05, 3.63) is 63.2 Å². The summed E-state index contributed by atoms with van der Waals surface area (Å²) in [5.41, 5.74) is 1.78. The van der Waals surface area contributed by atoms with Crippen LogP contribution in [0.5, 0.6) is 11.5 Å². The number of aryl methyl sites for hydroxylation is 1. The van der Waals surface area contributed by atoms with E-state index in [4.69, 9.17) is 14.2 Å². The van der Waals surface area contributed by atoms with Gasteiger partial charge in [-0.3, -0.25) is 14.9 Å². The lowest BCUT2D eigenvalue weighted by molar-refractivity contribution is -0.384. The number of methoxy groups -OCH3 is 2. The first kappa shape index (κ1) is 22.4. The number of rotatable bonds is 8. The number of carbonyl (C=O) groups excluding carboxylic acids is 2. The average Bonchev–Trinajstić information content (AvgIpc) is 2.73. The summed E-state index contributed by atoms with van der Waals surface area (Å²) < 4.78 is 15.4. The third-order valence-corrected chi connectivity index (χ3v) is 4.35. The number of ether oxygens (including phenoxy) is 3. The highest BCUT2D eigenvalue weighted by molar-refractivity contribution is 5.97. The van der Waals surface area contributed by atoms with E-state index in [1.807, 2.05) is 0 Å². The maximum atomic E-state index is 12.1. The zero-order chi connectivity index (χ0) is 22.3. The largest absolute Gasteiger partial charge is 0.493 e. The lowest BCUT2D eigenvalue weighted by Gasteiger charge is -2.11. The quantitative estimate of drug-likeness (QED) is 0.304. The Labute approximate surface area is 173 Å². The number of hydrogen-bond acceptors (Lipinski definition) is 7. The number of amides is 1. The highest BCUT2D eigenvalue weighted by Crippen LogP contribution is 2.32. The van der Waals surface area contributed by atoms with Crippen LogP contribution in [0.2, 0.25) is 0 Å². The number of para-hydroxylation sites is 1. The van der Waals surface area contributed by atoms with Gasteiger partial charge in [0.1, 0.15) is 5.69 Å². The molecule has 0 heterocycles. The monoisotopic (exact) mass is 414 g/mol. The van der Waals surface area contributed by atoms with Gasteiger partial charge in [0, 0.05) is 17.7 Å². The summed E-state index contributed by atoms with van der Waals surface area (Å²) in [7, 11) is 2.98. The maximum Gasteiger partial charge on any atom is 0.331 e. The van der Waals surface area contributed by atoms with E-state index < -0.39 is 23.4 Å². The molecule has 0 unspecified atom stereocenters. The van der Waals surface area contributed by atoms with Crippen LogP contribution in [0.3, 0.4) is 0 Å². The van der Waals surface area contributed by atoms with Crippen LogP contribution in [0.1, 0.15) is 16.7 Å². The number of nitro benzene ring substituents is 1. The normalized spacial score (nSPS) is 10.5. The van der Waals surface area contributed by atoms with Crippen molar-refractivity contribution in [1.29, 1.82) is 0 Å². The molecular weight excluding hydrogens is 392 g/mol. The molecule has 9 heteroatoms. The van der Waals surface area contributed by atoms with Gasteiger partial charge in [-0.25, -0.2) is 4.79 Å². The van der Waals surface area contributed by atoms with E-state index >= 15 is 0 Å². The Balaban J connectivity index is 2.03. The molecule has 0 aromatic heterocycles. The average molecular weight is 414 g/mol. The van der Waals surface area contributed by atoms with Gasteiger partial charge in [0.05, 0.1) is 19.1 Å². The van der Waals surface area contributed by atoms with Crippen LogP contribution < -0.4 is 14.8 Å². The predicted octanol–water partition coefficient (Wildman–Crippen LogP) is 3.42. The molecular formula is C21H22N2O7. The Morgan fingerprint density at radius 1 is 1.13 bits per heavy atom. The van der Waals surface area contributed by atoms with Gasteiger partial charge in [0.2, 0.25) is 0 Å². The van der Waals surface area contributed by atoms with Crippen LogP contribution in [0.4, 0.5) is 11.4 Å². The van der Waals surface area contributed by atoms with E-state index in [0.717, 1.165) is 11.6 Å². The lowest BCUT2D eigenvalue weighted by atomic mass is 10.1. The predicted molar refractivity (Wildman–Crippen MR) is 111 cm³/mol.